The average Bonchev–Trinajstić information content (AvgIpc) is 2.58. The molecular weight excluding hydrogens is 164 g/mol. The van der Waals surface area contributed by atoms with E-state index in [9.17, 15) is 0 Å². The highest BCUT2D eigenvalue weighted by atomic mass is 32.1. The Morgan fingerprint density at radius 2 is 1.83 bits per heavy atom. The third kappa shape index (κ3) is 1.41. The first kappa shape index (κ1) is 7.56. The Morgan fingerprint density at radius 1 is 1.08 bits per heavy atom. The van der Waals surface area contributed by atoms with E-state index in [0.717, 1.165) is 0 Å². The summed E-state index contributed by atoms with van der Waals surface area (Å²) in [5.74, 6) is 0. The molecule has 1 heterocycles. The van der Waals surface area contributed by atoms with Crippen LogP contribution in [-0.2, 0) is 0 Å². The summed E-state index contributed by atoms with van der Waals surface area (Å²) in [6.45, 7) is 2.10. The third-order valence-corrected chi connectivity index (χ3v) is 2.44. The zero-order valence-electron chi connectivity index (χ0n) is 6.87. The molecular formula is C11H9S. The lowest BCUT2D eigenvalue weighted by atomic mass is 10.1. The van der Waals surface area contributed by atoms with Crippen LogP contribution in [0.3, 0.4) is 0 Å². The summed E-state index contributed by atoms with van der Waals surface area (Å²) in [5.41, 5.74) is 3.75. The van der Waals surface area contributed by atoms with E-state index in [1.807, 2.05) is 0 Å². The summed E-state index contributed by atoms with van der Waals surface area (Å²) in [6.07, 6.45) is 0. The van der Waals surface area contributed by atoms with Crippen LogP contribution >= 0.6 is 11.3 Å². The van der Waals surface area contributed by atoms with E-state index in [-0.39, 0.29) is 0 Å². The van der Waals surface area contributed by atoms with Crippen molar-refractivity contribution in [3.05, 3.63) is 46.7 Å². The van der Waals surface area contributed by atoms with Gasteiger partial charge in [-0.25, -0.2) is 0 Å². The fourth-order valence-electron chi connectivity index (χ4n) is 1.12. The van der Waals surface area contributed by atoms with E-state index in [1.165, 1.54) is 16.7 Å². The van der Waals surface area contributed by atoms with E-state index in [2.05, 4.69) is 48.0 Å². The molecule has 0 aliphatic rings. The van der Waals surface area contributed by atoms with Crippen molar-refractivity contribution < 1.29 is 0 Å². The molecule has 1 aromatic carbocycles. The van der Waals surface area contributed by atoms with Crippen LogP contribution in [0.5, 0.6) is 0 Å². The first-order valence-corrected chi connectivity index (χ1v) is 4.76. The number of hydrogen-bond donors (Lipinski definition) is 0. The van der Waals surface area contributed by atoms with Gasteiger partial charge in [0.05, 0.1) is 5.38 Å². The number of hydrogen-bond acceptors (Lipinski definition) is 1. The van der Waals surface area contributed by atoms with Crippen molar-refractivity contribution in [2.24, 2.45) is 0 Å². The molecule has 2 aromatic rings. The van der Waals surface area contributed by atoms with Crippen LogP contribution in [0, 0.1) is 12.3 Å². The van der Waals surface area contributed by atoms with Gasteiger partial charge in [-0.3, -0.25) is 0 Å². The molecule has 0 aliphatic heterocycles. The molecule has 0 aliphatic carbocycles. The summed E-state index contributed by atoms with van der Waals surface area (Å²) in [4.78, 5) is 0. The highest BCUT2D eigenvalue weighted by Crippen LogP contribution is 2.21. The van der Waals surface area contributed by atoms with Gasteiger partial charge < -0.3 is 0 Å². The average molecular weight is 173 g/mol. The van der Waals surface area contributed by atoms with Crippen LogP contribution in [0.2, 0.25) is 0 Å². The van der Waals surface area contributed by atoms with Gasteiger partial charge in [0.1, 0.15) is 0 Å². The first-order valence-electron chi connectivity index (χ1n) is 3.88. The third-order valence-electron chi connectivity index (χ3n) is 1.83. The number of rotatable bonds is 1. The summed E-state index contributed by atoms with van der Waals surface area (Å²) >= 11 is 1.61. The van der Waals surface area contributed by atoms with Gasteiger partial charge in [-0.1, -0.05) is 29.8 Å². The molecule has 0 saturated heterocycles. The van der Waals surface area contributed by atoms with Gasteiger partial charge in [0.25, 0.3) is 0 Å². The van der Waals surface area contributed by atoms with Gasteiger partial charge in [-0.15, -0.1) is 11.3 Å². The van der Waals surface area contributed by atoms with Gasteiger partial charge in [0.15, 0.2) is 0 Å². The summed E-state index contributed by atoms with van der Waals surface area (Å²) in [7, 11) is 0. The van der Waals surface area contributed by atoms with Crippen molar-refractivity contribution in [2.45, 2.75) is 6.92 Å². The number of benzene rings is 1. The Balaban J connectivity index is 2.43. The smallest absolute Gasteiger partial charge is 0.0527 e. The maximum atomic E-state index is 3.21. The Hall–Kier alpha value is -1.08. The molecule has 1 radical (unpaired) electrons. The second-order valence-corrected chi connectivity index (χ2v) is 3.51. The number of aryl methyl sites for hydroxylation is 1. The van der Waals surface area contributed by atoms with Gasteiger partial charge in [0.2, 0.25) is 0 Å². The normalized spacial score (nSPS) is 10.1. The molecule has 12 heavy (non-hydrogen) atoms. The molecule has 0 saturated carbocycles. The number of thiophene rings is 1. The Kier molecular flexibility index (Phi) is 1.96. The molecule has 0 spiro atoms. The molecule has 0 fully saturated rings. The minimum Gasteiger partial charge on any atom is -0.142 e. The van der Waals surface area contributed by atoms with Crippen LogP contribution in [0.1, 0.15) is 5.56 Å². The molecule has 0 atom stereocenters. The predicted octanol–water partition coefficient (Wildman–Crippen LogP) is 3.52. The van der Waals surface area contributed by atoms with Crippen molar-refractivity contribution in [3.63, 3.8) is 0 Å². The van der Waals surface area contributed by atoms with Gasteiger partial charge in [0, 0.05) is 5.56 Å². The zero-order valence-corrected chi connectivity index (χ0v) is 7.69. The Bertz CT molecular complexity index is 343. The predicted molar refractivity (Wildman–Crippen MR) is 53.3 cm³/mol. The monoisotopic (exact) mass is 173 g/mol. The first-order chi connectivity index (χ1) is 5.86. The van der Waals surface area contributed by atoms with Crippen LogP contribution in [0.4, 0.5) is 0 Å². The van der Waals surface area contributed by atoms with Crippen LogP contribution < -0.4 is 0 Å². The molecule has 0 bridgehead atoms. The molecule has 0 unspecified atom stereocenters. The summed E-state index contributed by atoms with van der Waals surface area (Å²) < 4.78 is 0. The van der Waals surface area contributed by atoms with Gasteiger partial charge >= 0.3 is 0 Å². The fraction of sp³-hybridized carbons (Fsp3) is 0.0909. The van der Waals surface area contributed by atoms with E-state index < -0.39 is 0 Å². The molecule has 2 rings (SSSR count). The van der Waals surface area contributed by atoms with Crippen molar-refractivity contribution in [1.29, 1.82) is 0 Å². The van der Waals surface area contributed by atoms with Crippen molar-refractivity contribution >= 4 is 11.3 Å². The molecule has 0 amide bonds. The van der Waals surface area contributed by atoms with Gasteiger partial charge in [-0.05, 0) is 23.9 Å². The molecule has 1 aromatic heterocycles. The second-order valence-electron chi connectivity index (χ2n) is 2.80. The lowest BCUT2D eigenvalue weighted by Gasteiger charge is -1.96. The lowest BCUT2D eigenvalue weighted by molar-refractivity contribution is 1.47. The quantitative estimate of drug-likeness (QED) is 0.619. The fourth-order valence-corrected chi connectivity index (χ4v) is 1.71. The van der Waals surface area contributed by atoms with E-state index in [4.69, 9.17) is 0 Å². The lowest BCUT2D eigenvalue weighted by Crippen LogP contribution is -1.74. The van der Waals surface area contributed by atoms with Gasteiger partial charge in [-0.2, -0.15) is 0 Å². The highest BCUT2D eigenvalue weighted by molar-refractivity contribution is 7.07. The molecule has 59 valence electrons. The zero-order chi connectivity index (χ0) is 8.39. The highest BCUT2D eigenvalue weighted by Gasteiger charge is 1.95. The Morgan fingerprint density at radius 3 is 2.42 bits per heavy atom. The Labute approximate surface area is 76.5 Å². The largest absolute Gasteiger partial charge is 0.142 e. The van der Waals surface area contributed by atoms with Crippen molar-refractivity contribution in [3.8, 4) is 11.1 Å². The van der Waals surface area contributed by atoms with E-state index >= 15 is 0 Å². The van der Waals surface area contributed by atoms with Crippen LogP contribution in [0.25, 0.3) is 11.1 Å². The standard InChI is InChI=1S/C11H9S/c1-9-2-4-10(5-3-9)11-6-7-12-8-11/h2-7H,1H3. The maximum absolute atomic E-state index is 3.21. The summed E-state index contributed by atoms with van der Waals surface area (Å²) in [5, 5.41) is 5.27. The summed E-state index contributed by atoms with van der Waals surface area (Å²) in [6, 6.07) is 10.6. The topological polar surface area (TPSA) is 0 Å². The van der Waals surface area contributed by atoms with E-state index in [1.54, 1.807) is 11.3 Å². The van der Waals surface area contributed by atoms with Crippen molar-refractivity contribution in [2.75, 3.05) is 0 Å². The molecule has 0 nitrogen and oxygen atoms in total. The minimum atomic E-state index is 1.19. The SMILES string of the molecule is Cc1ccc(-c2[c]scc2)cc1. The van der Waals surface area contributed by atoms with Crippen molar-refractivity contribution in [1.82, 2.24) is 0 Å². The minimum absolute atomic E-state index is 1.19. The second kappa shape index (κ2) is 3.11. The molecule has 0 N–H and O–H groups in total. The molecule has 1 heteroatoms. The maximum Gasteiger partial charge on any atom is 0.0527 e. The van der Waals surface area contributed by atoms with Crippen LogP contribution in [0.15, 0.2) is 35.7 Å². The van der Waals surface area contributed by atoms with E-state index in [0.29, 0.717) is 0 Å². The van der Waals surface area contributed by atoms with Crippen LogP contribution in [-0.4, -0.2) is 0 Å².